The first-order valence-electron chi connectivity index (χ1n) is 6.18. The molecular weight excluding hydrogens is 258 g/mol. The van der Waals surface area contributed by atoms with E-state index in [4.69, 9.17) is 15.2 Å². The van der Waals surface area contributed by atoms with Crippen LogP contribution in [-0.4, -0.2) is 24.3 Å². The Morgan fingerprint density at radius 2 is 1.80 bits per heavy atom. The van der Waals surface area contributed by atoms with Crippen molar-refractivity contribution in [3.63, 3.8) is 0 Å². The zero-order valence-electron chi connectivity index (χ0n) is 10.6. The number of benzene rings is 2. The minimum atomic E-state index is -1.01. The van der Waals surface area contributed by atoms with Gasteiger partial charge in [-0.1, -0.05) is 12.1 Å². The Bertz CT molecular complexity index is 682. The molecule has 0 saturated carbocycles. The number of carboxylic acids is 1. The summed E-state index contributed by atoms with van der Waals surface area (Å²) in [5.74, 6) is 0.288. The standard InChI is InChI=1S/C15H13NO4/c16-10-2-3-11(12(8-10)15(17)18)9-1-4-13-14(7-9)20-6-5-19-13/h1-4,7-8H,5-6,16H2,(H,17,18). The third-order valence-corrected chi connectivity index (χ3v) is 3.13. The van der Waals surface area contributed by atoms with Gasteiger partial charge in [0.05, 0.1) is 5.56 Å². The van der Waals surface area contributed by atoms with Crippen LogP contribution in [0.5, 0.6) is 11.5 Å². The van der Waals surface area contributed by atoms with Gasteiger partial charge in [-0.15, -0.1) is 0 Å². The molecule has 0 radical (unpaired) electrons. The second-order valence-electron chi connectivity index (χ2n) is 4.47. The van der Waals surface area contributed by atoms with Crippen molar-refractivity contribution >= 4 is 11.7 Å². The van der Waals surface area contributed by atoms with E-state index >= 15 is 0 Å². The number of anilines is 1. The minimum absolute atomic E-state index is 0.168. The van der Waals surface area contributed by atoms with Crippen LogP contribution in [0.4, 0.5) is 5.69 Å². The Hall–Kier alpha value is -2.69. The molecule has 0 spiro atoms. The van der Waals surface area contributed by atoms with Gasteiger partial charge >= 0.3 is 5.97 Å². The fraction of sp³-hybridized carbons (Fsp3) is 0.133. The van der Waals surface area contributed by atoms with Gasteiger partial charge in [0, 0.05) is 5.69 Å². The maximum atomic E-state index is 11.3. The highest BCUT2D eigenvalue weighted by atomic mass is 16.6. The number of fused-ring (bicyclic) bond motifs is 1. The van der Waals surface area contributed by atoms with E-state index in [-0.39, 0.29) is 5.56 Å². The van der Waals surface area contributed by atoms with E-state index in [2.05, 4.69) is 0 Å². The Balaban J connectivity index is 2.11. The predicted octanol–water partition coefficient (Wildman–Crippen LogP) is 2.41. The summed E-state index contributed by atoms with van der Waals surface area (Å²) in [6, 6.07) is 10.2. The summed E-state index contributed by atoms with van der Waals surface area (Å²) in [5.41, 5.74) is 7.59. The fourth-order valence-corrected chi connectivity index (χ4v) is 2.20. The summed E-state index contributed by atoms with van der Waals surface area (Å²) >= 11 is 0. The number of carbonyl (C=O) groups is 1. The smallest absolute Gasteiger partial charge is 0.336 e. The molecule has 2 aromatic rings. The van der Waals surface area contributed by atoms with Crippen LogP contribution in [0.1, 0.15) is 10.4 Å². The molecule has 102 valence electrons. The third-order valence-electron chi connectivity index (χ3n) is 3.13. The SMILES string of the molecule is Nc1ccc(-c2ccc3c(c2)OCCO3)c(C(=O)O)c1. The molecule has 0 fully saturated rings. The van der Waals surface area contributed by atoms with E-state index < -0.39 is 5.97 Å². The highest BCUT2D eigenvalue weighted by molar-refractivity contribution is 5.97. The van der Waals surface area contributed by atoms with Gasteiger partial charge in [0.25, 0.3) is 0 Å². The molecule has 0 aromatic heterocycles. The predicted molar refractivity (Wildman–Crippen MR) is 74.2 cm³/mol. The molecule has 0 unspecified atom stereocenters. The van der Waals surface area contributed by atoms with Gasteiger partial charge in [0.2, 0.25) is 0 Å². The number of aromatic carboxylic acids is 1. The van der Waals surface area contributed by atoms with Crippen molar-refractivity contribution in [1.82, 2.24) is 0 Å². The van der Waals surface area contributed by atoms with Crippen LogP contribution >= 0.6 is 0 Å². The van der Waals surface area contributed by atoms with Crippen LogP contribution in [0.2, 0.25) is 0 Å². The molecular formula is C15H13NO4. The number of ether oxygens (including phenoxy) is 2. The maximum Gasteiger partial charge on any atom is 0.336 e. The van der Waals surface area contributed by atoms with Gasteiger partial charge in [0.15, 0.2) is 11.5 Å². The van der Waals surface area contributed by atoms with Gasteiger partial charge in [-0.2, -0.15) is 0 Å². The van der Waals surface area contributed by atoms with Crippen LogP contribution in [0.25, 0.3) is 11.1 Å². The Morgan fingerprint density at radius 3 is 2.55 bits per heavy atom. The van der Waals surface area contributed by atoms with Gasteiger partial charge in [0.1, 0.15) is 13.2 Å². The average molecular weight is 271 g/mol. The molecule has 3 N–H and O–H groups in total. The highest BCUT2D eigenvalue weighted by Crippen LogP contribution is 2.36. The lowest BCUT2D eigenvalue weighted by Crippen LogP contribution is -2.15. The lowest BCUT2D eigenvalue weighted by molar-refractivity contribution is 0.0698. The Kier molecular flexibility index (Phi) is 2.95. The molecule has 0 amide bonds. The summed E-state index contributed by atoms with van der Waals surface area (Å²) in [6.45, 7) is 1.01. The van der Waals surface area contributed by atoms with Crippen molar-refractivity contribution in [1.29, 1.82) is 0 Å². The van der Waals surface area contributed by atoms with Crippen molar-refractivity contribution in [2.45, 2.75) is 0 Å². The summed E-state index contributed by atoms with van der Waals surface area (Å²) in [4.78, 5) is 11.3. The summed E-state index contributed by atoms with van der Waals surface area (Å²) in [6.07, 6.45) is 0. The number of carboxylic acid groups (broad SMARTS) is 1. The first-order valence-corrected chi connectivity index (χ1v) is 6.18. The lowest BCUT2D eigenvalue weighted by atomic mass is 9.98. The fourth-order valence-electron chi connectivity index (χ4n) is 2.20. The highest BCUT2D eigenvalue weighted by Gasteiger charge is 2.16. The largest absolute Gasteiger partial charge is 0.486 e. The number of nitrogen functional groups attached to an aromatic ring is 1. The van der Waals surface area contributed by atoms with E-state index in [1.807, 2.05) is 6.07 Å². The average Bonchev–Trinajstić information content (AvgIpc) is 2.46. The van der Waals surface area contributed by atoms with E-state index in [0.29, 0.717) is 36.0 Å². The molecule has 2 aromatic carbocycles. The molecule has 1 heterocycles. The Labute approximate surface area is 115 Å². The number of rotatable bonds is 2. The first-order chi connectivity index (χ1) is 9.65. The van der Waals surface area contributed by atoms with Gasteiger partial charge < -0.3 is 20.3 Å². The summed E-state index contributed by atoms with van der Waals surface area (Å²) in [7, 11) is 0. The quantitative estimate of drug-likeness (QED) is 0.820. The molecule has 1 aliphatic heterocycles. The van der Waals surface area contributed by atoms with Gasteiger partial charge in [-0.25, -0.2) is 4.79 Å². The molecule has 5 heteroatoms. The van der Waals surface area contributed by atoms with Crippen LogP contribution in [0.3, 0.4) is 0 Å². The van der Waals surface area contributed by atoms with Gasteiger partial charge in [-0.05, 0) is 35.4 Å². The third kappa shape index (κ3) is 2.14. The van der Waals surface area contributed by atoms with Crippen LogP contribution < -0.4 is 15.2 Å². The van der Waals surface area contributed by atoms with E-state index in [1.54, 1.807) is 24.3 Å². The monoisotopic (exact) mass is 271 g/mol. The van der Waals surface area contributed by atoms with Crippen molar-refractivity contribution in [2.24, 2.45) is 0 Å². The van der Waals surface area contributed by atoms with E-state index in [0.717, 1.165) is 5.56 Å². The number of nitrogens with two attached hydrogens (primary N) is 1. The second kappa shape index (κ2) is 4.77. The lowest BCUT2D eigenvalue weighted by Gasteiger charge is -2.19. The zero-order valence-corrected chi connectivity index (χ0v) is 10.6. The zero-order chi connectivity index (χ0) is 14.1. The number of hydrogen-bond acceptors (Lipinski definition) is 4. The molecule has 0 atom stereocenters. The van der Waals surface area contributed by atoms with Crippen LogP contribution in [-0.2, 0) is 0 Å². The molecule has 1 aliphatic rings. The maximum absolute atomic E-state index is 11.3. The molecule has 5 nitrogen and oxygen atoms in total. The van der Waals surface area contributed by atoms with Crippen LogP contribution in [0.15, 0.2) is 36.4 Å². The molecule has 0 bridgehead atoms. The molecule has 0 saturated heterocycles. The van der Waals surface area contributed by atoms with Crippen LogP contribution in [0, 0.1) is 0 Å². The minimum Gasteiger partial charge on any atom is -0.486 e. The van der Waals surface area contributed by atoms with Crippen molar-refractivity contribution in [3.05, 3.63) is 42.0 Å². The summed E-state index contributed by atoms with van der Waals surface area (Å²) in [5, 5.41) is 9.28. The molecule has 3 rings (SSSR count). The second-order valence-corrected chi connectivity index (χ2v) is 4.47. The van der Waals surface area contributed by atoms with E-state index in [9.17, 15) is 9.90 Å². The normalized spacial score (nSPS) is 13.0. The van der Waals surface area contributed by atoms with Crippen molar-refractivity contribution in [2.75, 3.05) is 18.9 Å². The van der Waals surface area contributed by atoms with Crippen molar-refractivity contribution in [3.8, 4) is 22.6 Å². The van der Waals surface area contributed by atoms with E-state index in [1.165, 1.54) is 6.07 Å². The van der Waals surface area contributed by atoms with Gasteiger partial charge in [-0.3, -0.25) is 0 Å². The molecule has 20 heavy (non-hydrogen) atoms. The number of hydrogen-bond donors (Lipinski definition) is 2. The summed E-state index contributed by atoms with van der Waals surface area (Å²) < 4.78 is 11.0. The van der Waals surface area contributed by atoms with Crippen molar-refractivity contribution < 1.29 is 19.4 Å². The topological polar surface area (TPSA) is 81.8 Å². The first kappa shape index (κ1) is 12.3. The Morgan fingerprint density at radius 1 is 1.05 bits per heavy atom. The molecule has 0 aliphatic carbocycles.